The van der Waals surface area contributed by atoms with Crippen LogP contribution in [-0.2, 0) is 16.8 Å². The van der Waals surface area contributed by atoms with Crippen LogP contribution in [0.2, 0.25) is 0 Å². The third-order valence-corrected chi connectivity index (χ3v) is 3.10. The molecule has 0 bridgehead atoms. The van der Waals surface area contributed by atoms with Crippen molar-refractivity contribution >= 4 is 11.3 Å². The summed E-state index contributed by atoms with van der Waals surface area (Å²) in [5.74, 6) is 0. The fourth-order valence-corrected chi connectivity index (χ4v) is 1.90. The van der Waals surface area contributed by atoms with Gasteiger partial charge >= 0.3 is 6.18 Å². The molecule has 0 radical (unpaired) electrons. The fraction of sp³-hybridized carbons (Fsp3) is 0.700. The zero-order valence-electron chi connectivity index (χ0n) is 9.89. The Morgan fingerprint density at radius 3 is 2.47 bits per heavy atom. The smallest absolute Gasteiger partial charge is 0.292 e. The van der Waals surface area contributed by atoms with Crippen molar-refractivity contribution < 1.29 is 18.0 Å². The van der Waals surface area contributed by atoms with Gasteiger partial charge in [-0.05, 0) is 0 Å². The van der Waals surface area contributed by atoms with Crippen molar-refractivity contribution in [2.24, 2.45) is 0 Å². The van der Waals surface area contributed by atoms with Gasteiger partial charge in [-0.3, -0.25) is 4.84 Å². The summed E-state index contributed by atoms with van der Waals surface area (Å²) in [6.07, 6.45) is -4.31. The highest BCUT2D eigenvalue weighted by atomic mass is 32.1. The number of halogens is 3. The third kappa shape index (κ3) is 5.47. The lowest BCUT2D eigenvalue weighted by molar-refractivity contribution is -0.190. The Kier molecular flexibility index (Phi) is 4.51. The Morgan fingerprint density at radius 2 is 2.00 bits per heavy atom. The number of alkyl halides is 3. The molecule has 0 atom stereocenters. The summed E-state index contributed by atoms with van der Waals surface area (Å²) in [4.78, 5) is 8.60. The van der Waals surface area contributed by atoms with Crippen LogP contribution in [0.3, 0.4) is 0 Å². The van der Waals surface area contributed by atoms with Gasteiger partial charge in [0, 0.05) is 10.8 Å². The number of nitrogens with zero attached hydrogens (tertiary/aromatic N) is 1. The first-order chi connectivity index (χ1) is 7.68. The highest BCUT2D eigenvalue weighted by Gasteiger charge is 2.27. The number of nitrogens with one attached hydrogen (secondary N) is 1. The lowest BCUT2D eigenvalue weighted by Crippen LogP contribution is -2.24. The van der Waals surface area contributed by atoms with Gasteiger partial charge in [0.2, 0.25) is 0 Å². The number of hydrogen-bond donors (Lipinski definition) is 1. The van der Waals surface area contributed by atoms with Crippen LogP contribution in [0.25, 0.3) is 0 Å². The number of hydroxylamine groups is 1. The summed E-state index contributed by atoms with van der Waals surface area (Å²) >= 11 is 1.49. The normalized spacial score (nSPS) is 13.1. The average molecular weight is 268 g/mol. The van der Waals surface area contributed by atoms with Crippen LogP contribution in [0.15, 0.2) is 5.38 Å². The molecular weight excluding hydrogens is 253 g/mol. The van der Waals surface area contributed by atoms with Crippen molar-refractivity contribution in [3.8, 4) is 0 Å². The van der Waals surface area contributed by atoms with E-state index in [4.69, 9.17) is 0 Å². The highest BCUT2D eigenvalue weighted by molar-refractivity contribution is 7.09. The maximum Gasteiger partial charge on any atom is 0.413 e. The zero-order valence-corrected chi connectivity index (χ0v) is 10.7. The molecule has 17 heavy (non-hydrogen) atoms. The van der Waals surface area contributed by atoms with Crippen LogP contribution >= 0.6 is 11.3 Å². The van der Waals surface area contributed by atoms with Gasteiger partial charge in [0.05, 0.1) is 17.2 Å². The summed E-state index contributed by atoms with van der Waals surface area (Å²) in [6.45, 7) is 4.96. The lowest BCUT2D eigenvalue weighted by atomic mass is 9.98. The molecule has 1 aromatic heterocycles. The first-order valence-corrected chi connectivity index (χ1v) is 5.93. The van der Waals surface area contributed by atoms with E-state index in [1.807, 2.05) is 26.2 Å². The molecule has 1 N–H and O–H groups in total. The van der Waals surface area contributed by atoms with Crippen LogP contribution in [-0.4, -0.2) is 17.8 Å². The summed E-state index contributed by atoms with van der Waals surface area (Å²) in [5.41, 5.74) is 2.88. The van der Waals surface area contributed by atoms with Gasteiger partial charge in [0.15, 0.2) is 6.61 Å². The van der Waals surface area contributed by atoms with Crippen LogP contribution in [0.5, 0.6) is 0 Å². The minimum Gasteiger partial charge on any atom is -0.292 e. The molecule has 7 heteroatoms. The lowest BCUT2D eigenvalue weighted by Gasteiger charge is -2.13. The largest absolute Gasteiger partial charge is 0.413 e. The number of rotatable bonds is 4. The molecule has 0 saturated heterocycles. The van der Waals surface area contributed by atoms with E-state index in [0.29, 0.717) is 5.69 Å². The van der Waals surface area contributed by atoms with Crippen LogP contribution in [0.1, 0.15) is 31.5 Å². The monoisotopic (exact) mass is 268 g/mol. The minimum absolute atomic E-state index is 0.0459. The maximum atomic E-state index is 11.8. The summed E-state index contributed by atoms with van der Waals surface area (Å²) in [6, 6.07) is 0. The summed E-state index contributed by atoms with van der Waals surface area (Å²) in [5, 5.41) is 2.76. The molecule has 1 rings (SSSR count). The molecule has 0 aliphatic carbocycles. The molecule has 0 aliphatic heterocycles. The Hall–Kier alpha value is -0.660. The van der Waals surface area contributed by atoms with E-state index in [1.165, 1.54) is 11.3 Å². The average Bonchev–Trinajstić information content (AvgIpc) is 2.58. The van der Waals surface area contributed by atoms with Crippen molar-refractivity contribution in [2.75, 3.05) is 6.61 Å². The second kappa shape index (κ2) is 5.32. The second-order valence-electron chi connectivity index (χ2n) is 4.62. The molecule has 3 nitrogen and oxygen atoms in total. The molecule has 0 amide bonds. The van der Waals surface area contributed by atoms with Crippen molar-refractivity contribution in [1.82, 2.24) is 10.5 Å². The maximum absolute atomic E-state index is 11.8. The van der Waals surface area contributed by atoms with Crippen molar-refractivity contribution in [3.63, 3.8) is 0 Å². The predicted octanol–water partition coefficient (Wildman–Crippen LogP) is 3.02. The number of thiazole rings is 1. The quantitative estimate of drug-likeness (QED) is 0.673. The zero-order chi connectivity index (χ0) is 13.1. The predicted molar refractivity (Wildman–Crippen MR) is 59.7 cm³/mol. The van der Waals surface area contributed by atoms with E-state index in [1.54, 1.807) is 0 Å². The van der Waals surface area contributed by atoms with Crippen molar-refractivity contribution in [2.45, 2.75) is 38.9 Å². The van der Waals surface area contributed by atoms with Gasteiger partial charge in [-0.2, -0.15) is 18.7 Å². The molecule has 98 valence electrons. The van der Waals surface area contributed by atoms with Gasteiger partial charge in [-0.15, -0.1) is 11.3 Å². The summed E-state index contributed by atoms with van der Waals surface area (Å²) < 4.78 is 35.3. The third-order valence-electron chi connectivity index (χ3n) is 1.78. The van der Waals surface area contributed by atoms with Crippen molar-refractivity contribution in [3.05, 3.63) is 16.1 Å². The van der Waals surface area contributed by atoms with Gasteiger partial charge < -0.3 is 0 Å². The summed E-state index contributed by atoms with van der Waals surface area (Å²) in [7, 11) is 0. The Morgan fingerprint density at radius 1 is 1.35 bits per heavy atom. The van der Waals surface area contributed by atoms with E-state index in [0.717, 1.165) is 5.01 Å². The first-order valence-electron chi connectivity index (χ1n) is 5.05. The number of hydrogen-bond acceptors (Lipinski definition) is 4. The first kappa shape index (κ1) is 14.4. The molecule has 0 spiro atoms. The van der Waals surface area contributed by atoms with E-state index >= 15 is 0 Å². The van der Waals surface area contributed by atoms with E-state index in [-0.39, 0.29) is 12.0 Å². The van der Waals surface area contributed by atoms with Crippen molar-refractivity contribution in [1.29, 1.82) is 0 Å². The van der Waals surface area contributed by atoms with E-state index < -0.39 is 12.8 Å². The Bertz CT molecular complexity index is 357. The van der Waals surface area contributed by atoms with Crippen LogP contribution < -0.4 is 5.48 Å². The van der Waals surface area contributed by atoms with Crippen LogP contribution in [0.4, 0.5) is 13.2 Å². The van der Waals surface area contributed by atoms with E-state index in [2.05, 4.69) is 15.3 Å². The molecule has 0 saturated carbocycles. The molecule has 0 aromatic carbocycles. The number of aromatic nitrogens is 1. The standard InChI is InChI=1S/C10H15F3N2OS/c1-9(2,3)8-15-7(5-17-8)4-14-16-6-10(11,12)13/h5,14H,4,6H2,1-3H3. The Labute approximate surface area is 102 Å². The topological polar surface area (TPSA) is 34.2 Å². The van der Waals surface area contributed by atoms with Crippen LogP contribution in [0, 0.1) is 0 Å². The van der Waals surface area contributed by atoms with Gasteiger partial charge in [0.1, 0.15) is 0 Å². The minimum atomic E-state index is -4.31. The molecular formula is C10H15F3N2OS. The van der Waals surface area contributed by atoms with Gasteiger partial charge in [-0.25, -0.2) is 4.98 Å². The molecule has 1 aromatic rings. The van der Waals surface area contributed by atoms with E-state index in [9.17, 15) is 13.2 Å². The van der Waals surface area contributed by atoms with Gasteiger partial charge in [0.25, 0.3) is 0 Å². The molecule has 1 heterocycles. The molecule has 0 unspecified atom stereocenters. The SMILES string of the molecule is CC(C)(C)c1nc(CNOCC(F)(F)F)cs1. The van der Waals surface area contributed by atoms with Gasteiger partial charge in [-0.1, -0.05) is 20.8 Å². The second-order valence-corrected chi connectivity index (χ2v) is 5.48. The Balaban J connectivity index is 2.36. The highest BCUT2D eigenvalue weighted by Crippen LogP contribution is 2.25. The fourth-order valence-electron chi connectivity index (χ4n) is 0.990. The molecule has 0 fully saturated rings. The molecule has 0 aliphatic rings.